The first-order chi connectivity index (χ1) is 14.0. The summed E-state index contributed by atoms with van der Waals surface area (Å²) in [5.41, 5.74) is 4.92. The van der Waals surface area contributed by atoms with Crippen LogP contribution in [0.1, 0.15) is 64.4 Å². The summed E-state index contributed by atoms with van der Waals surface area (Å²) in [6, 6.07) is 4.03. The Balaban J connectivity index is 1.51. The molecule has 4 heteroatoms. The maximum atomic E-state index is 10.2. The summed E-state index contributed by atoms with van der Waals surface area (Å²) in [6.45, 7) is 4.78. The Kier molecular flexibility index (Phi) is 4.47. The molecule has 154 valence electrons. The van der Waals surface area contributed by atoms with Crippen LogP contribution in [0.25, 0.3) is 6.08 Å². The number of aliphatic hydroxyl groups is 1. The lowest BCUT2D eigenvalue weighted by molar-refractivity contribution is -0.0247. The van der Waals surface area contributed by atoms with E-state index >= 15 is 0 Å². The summed E-state index contributed by atoms with van der Waals surface area (Å²) in [4.78, 5) is 4.12. The van der Waals surface area contributed by atoms with Gasteiger partial charge >= 0.3 is 0 Å². The van der Waals surface area contributed by atoms with E-state index in [4.69, 9.17) is 0 Å². The number of oxime groups is 1. The molecule has 1 heterocycles. The number of pyridine rings is 1. The van der Waals surface area contributed by atoms with Crippen LogP contribution >= 0.6 is 0 Å². The number of allylic oxidation sites excluding steroid dienone is 2. The van der Waals surface area contributed by atoms with Crippen LogP contribution in [-0.2, 0) is 0 Å². The van der Waals surface area contributed by atoms with Gasteiger partial charge in [-0.1, -0.05) is 30.7 Å². The molecular formula is C25H32N2O2. The number of aliphatic hydroxyl groups excluding tert-OH is 1. The largest absolute Gasteiger partial charge is 0.411 e. The van der Waals surface area contributed by atoms with Crippen molar-refractivity contribution in [3.63, 3.8) is 0 Å². The van der Waals surface area contributed by atoms with Crippen LogP contribution in [-0.4, -0.2) is 27.1 Å². The van der Waals surface area contributed by atoms with Gasteiger partial charge < -0.3 is 10.3 Å². The van der Waals surface area contributed by atoms with Crippen LogP contribution in [0.15, 0.2) is 46.9 Å². The van der Waals surface area contributed by atoms with E-state index in [0.717, 1.165) is 43.4 Å². The van der Waals surface area contributed by atoms with Crippen molar-refractivity contribution in [2.24, 2.45) is 33.7 Å². The third kappa shape index (κ3) is 2.83. The first-order valence-corrected chi connectivity index (χ1v) is 11.2. The van der Waals surface area contributed by atoms with Gasteiger partial charge in [0.05, 0.1) is 11.8 Å². The van der Waals surface area contributed by atoms with Crippen molar-refractivity contribution < 1.29 is 10.3 Å². The quantitative estimate of drug-likeness (QED) is 0.391. The Labute approximate surface area is 173 Å². The highest BCUT2D eigenvalue weighted by molar-refractivity contribution is 6.09. The highest BCUT2D eigenvalue weighted by Gasteiger charge is 2.59. The van der Waals surface area contributed by atoms with E-state index in [0.29, 0.717) is 17.8 Å². The fourth-order valence-electron chi connectivity index (χ4n) is 7.37. The molecule has 3 fully saturated rings. The van der Waals surface area contributed by atoms with Crippen LogP contribution in [0, 0.1) is 28.6 Å². The second kappa shape index (κ2) is 6.80. The predicted octanol–water partition coefficient (Wildman–Crippen LogP) is 5.23. The van der Waals surface area contributed by atoms with Gasteiger partial charge in [0.15, 0.2) is 0 Å². The summed E-state index contributed by atoms with van der Waals surface area (Å²) in [6.07, 6.45) is 15.3. The zero-order valence-electron chi connectivity index (χ0n) is 17.5. The number of rotatable bonds is 1. The van der Waals surface area contributed by atoms with Crippen molar-refractivity contribution in [2.75, 3.05) is 0 Å². The molecule has 0 radical (unpaired) electrons. The lowest BCUT2D eigenvalue weighted by Crippen LogP contribution is -2.50. The van der Waals surface area contributed by atoms with Gasteiger partial charge in [0, 0.05) is 17.8 Å². The van der Waals surface area contributed by atoms with Crippen molar-refractivity contribution in [3.05, 3.63) is 47.3 Å². The maximum Gasteiger partial charge on any atom is 0.0889 e. The number of nitrogens with zero attached hydrogens (tertiary/aromatic N) is 2. The molecule has 5 rings (SSSR count). The van der Waals surface area contributed by atoms with E-state index in [9.17, 15) is 10.3 Å². The zero-order valence-corrected chi connectivity index (χ0v) is 17.5. The maximum absolute atomic E-state index is 10.2. The molecule has 4 aliphatic rings. The molecule has 6 atom stereocenters. The standard InChI is InChI=1S/C25H32N2O2/c1-24-9-5-19(28)15-18(24)3-4-20-21(24)6-10-25(2)22(20)14-17(23(25)27-29)13-16-7-11-26-12-8-16/h7-8,11-13,15,19-22,28-29H,3-6,9-10,14H2,1-2H3/b17-13+,27-23+/t19-,20+,21-,22-,24-,25-/m0/s1. The molecule has 0 spiro atoms. The van der Waals surface area contributed by atoms with Gasteiger partial charge in [-0.2, -0.15) is 0 Å². The lowest BCUT2D eigenvalue weighted by atomic mass is 9.47. The van der Waals surface area contributed by atoms with Gasteiger partial charge in [-0.15, -0.1) is 0 Å². The predicted molar refractivity (Wildman–Crippen MR) is 115 cm³/mol. The number of hydrogen-bond acceptors (Lipinski definition) is 4. The fraction of sp³-hybridized carbons (Fsp3) is 0.600. The van der Waals surface area contributed by atoms with Crippen molar-refractivity contribution >= 4 is 11.8 Å². The van der Waals surface area contributed by atoms with E-state index in [1.807, 2.05) is 24.5 Å². The van der Waals surface area contributed by atoms with Crippen LogP contribution in [0.4, 0.5) is 0 Å². The van der Waals surface area contributed by atoms with Gasteiger partial charge in [-0.05, 0) is 97.5 Å². The Bertz CT molecular complexity index is 889. The van der Waals surface area contributed by atoms with Crippen LogP contribution in [0.3, 0.4) is 0 Å². The van der Waals surface area contributed by atoms with Crippen molar-refractivity contribution in [2.45, 2.75) is 64.9 Å². The molecule has 0 bridgehead atoms. The van der Waals surface area contributed by atoms with E-state index in [1.54, 1.807) is 0 Å². The zero-order chi connectivity index (χ0) is 20.2. The molecule has 0 saturated heterocycles. The van der Waals surface area contributed by atoms with E-state index in [-0.39, 0.29) is 16.9 Å². The molecule has 1 aromatic heterocycles. The molecule has 1 aromatic rings. The minimum Gasteiger partial charge on any atom is -0.411 e. The number of fused-ring (bicyclic) bond motifs is 5. The third-order valence-corrected chi connectivity index (χ3v) is 8.91. The Morgan fingerprint density at radius 1 is 1.07 bits per heavy atom. The first kappa shape index (κ1) is 19.0. The van der Waals surface area contributed by atoms with Crippen molar-refractivity contribution in [3.8, 4) is 0 Å². The van der Waals surface area contributed by atoms with Gasteiger partial charge in [0.1, 0.15) is 0 Å². The number of hydrogen-bond donors (Lipinski definition) is 2. The second-order valence-corrected chi connectivity index (χ2v) is 10.2. The summed E-state index contributed by atoms with van der Waals surface area (Å²) >= 11 is 0. The summed E-state index contributed by atoms with van der Waals surface area (Å²) in [7, 11) is 0. The monoisotopic (exact) mass is 392 g/mol. The van der Waals surface area contributed by atoms with E-state index in [1.165, 1.54) is 24.0 Å². The highest BCUT2D eigenvalue weighted by Crippen LogP contribution is 2.65. The minimum atomic E-state index is -0.252. The molecule has 29 heavy (non-hydrogen) atoms. The van der Waals surface area contributed by atoms with Crippen LogP contribution in [0.5, 0.6) is 0 Å². The van der Waals surface area contributed by atoms with Crippen molar-refractivity contribution in [1.82, 2.24) is 4.98 Å². The molecule has 0 aliphatic heterocycles. The smallest absolute Gasteiger partial charge is 0.0889 e. The van der Waals surface area contributed by atoms with Gasteiger partial charge in [0.2, 0.25) is 0 Å². The van der Waals surface area contributed by atoms with E-state index < -0.39 is 0 Å². The molecule has 0 aromatic carbocycles. The molecule has 0 unspecified atom stereocenters. The summed E-state index contributed by atoms with van der Waals surface area (Å²) in [5.74, 6) is 1.87. The van der Waals surface area contributed by atoms with Crippen molar-refractivity contribution in [1.29, 1.82) is 0 Å². The molecule has 4 aliphatic carbocycles. The topological polar surface area (TPSA) is 65.7 Å². The molecule has 2 N–H and O–H groups in total. The molecular weight excluding hydrogens is 360 g/mol. The second-order valence-electron chi connectivity index (χ2n) is 10.2. The van der Waals surface area contributed by atoms with Gasteiger partial charge in [-0.3, -0.25) is 4.98 Å². The van der Waals surface area contributed by atoms with Gasteiger partial charge in [0.25, 0.3) is 0 Å². The summed E-state index contributed by atoms with van der Waals surface area (Å²) in [5, 5.41) is 24.0. The molecule has 3 saturated carbocycles. The Morgan fingerprint density at radius 2 is 1.83 bits per heavy atom. The lowest BCUT2D eigenvalue weighted by Gasteiger charge is -2.57. The average molecular weight is 393 g/mol. The molecule has 4 nitrogen and oxygen atoms in total. The average Bonchev–Trinajstić information content (AvgIpc) is 3.00. The highest BCUT2D eigenvalue weighted by atomic mass is 16.4. The first-order valence-electron chi connectivity index (χ1n) is 11.2. The fourth-order valence-corrected chi connectivity index (χ4v) is 7.37. The van der Waals surface area contributed by atoms with Gasteiger partial charge in [-0.25, -0.2) is 0 Å². The SMILES string of the molecule is C[C@]12CC[C@H](O)C=C1CC[C@@H]1[C@@H]2CC[C@]2(C)C(=N/O)/C(=C/c3ccncc3)C[C@@H]12. The van der Waals surface area contributed by atoms with E-state index in [2.05, 4.69) is 36.1 Å². The van der Waals surface area contributed by atoms with Crippen LogP contribution < -0.4 is 0 Å². The number of aromatic nitrogens is 1. The van der Waals surface area contributed by atoms with Crippen LogP contribution in [0.2, 0.25) is 0 Å². The minimum absolute atomic E-state index is 0.0411. The Morgan fingerprint density at radius 3 is 2.59 bits per heavy atom. The summed E-state index contributed by atoms with van der Waals surface area (Å²) < 4.78 is 0. The Hall–Kier alpha value is -1.94. The third-order valence-electron chi connectivity index (χ3n) is 8.91. The molecule has 0 amide bonds. The normalized spacial score (nSPS) is 44.2.